The van der Waals surface area contributed by atoms with Gasteiger partial charge in [0.1, 0.15) is 0 Å². The second-order valence-electron chi connectivity index (χ2n) is 19.6. The molecule has 71 heavy (non-hydrogen) atoms. The molecule has 0 N–H and O–H groups in total. The third-order valence-corrected chi connectivity index (χ3v) is 19.4. The van der Waals surface area contributed by atoms with Crippen LogP contribution in [0.15, 0.2) is 218 Å². The lowest BCUT2D eigenvalue weighted by atomic mass is 9.63. The highest BCUT2D eigenvalue weighted by molar-refractivity contribution is 7.25. The zero-order chi connectivity index (χ0) is 46.7. The van der Waals surface area contributed by atoms with E-state index in [-0.39, 0.29) is 0 Å². The maximum absolute atomic E-state index is 2.63. The van der Waals surface area contributed by atoms with E-state index < -0.39 is 10.8 Å². The summed E-state index contributed by atoms with van der Waals surface area (Å²) < 4.78 is 5.11. The van der Waals surface area contributed by atoms with Crippen molar-refractivity contribution in [2.24, 2.45) is 0 Å². The maximum atomic E-state index is 2.63. The van der Waals surface area contributed by atoms with E-state index in [1.54, 1.807) is 0 Å². The molecule has 0 unspecified atom stereocenters. The van der Waals surface area contributed by atoms with Crippen molar-refractivity contribution < 1.29 is 0 Å². The fraction of sp³-hybridized carbons (Fsp3) is 0.0606. The summed E-state index contributed by atoms with van der Waals surface area (Å²) in [6.07, 6.45) is 0. The van der Waals surface area contributed by atoms with E-state index in [0.717, 1.165) is 5.69 Å². The number of thiophene rings is 3. The first-order chi connectivity index (χ1) is 35.0. The van der Waals surface area contributed by atoms with Gasteiger partial charge in [0.25, 0.3) is 0 Å². The molecule has 2 aliphatic carbocycles. The number of aromatic nitrogens is 1. The van der Waals surface area contributed by atoms with Gasteiger partial charge in [-0.3, -0.25) is 0 Å². The first-order valence-electron chi connectivity index (χ1n) is 24.5. The van der Waals surface area contributed by atoms with Crippen molar-refractivity contribution in [3.63, 3.8) is 0 Å². The summed E-state index contributed by atoms with van der Waals surface area (Å²) in [7, 11) is 0. The van der Waals surface area contributed by atoms with Crippen LogP contribution >= 0.6 is 34.0 Å². The molecule has 0 fully saturated rings. The van der Waals surface area contributed by atoms with Gasteiger partial charge in [0.05, 0.1) is 33.2 Å². The van der Waals surface area contributed by atoms with Crippen LogP contribution in [0.3, 0.4) is 0 Å². The Hall–Kier alpha value is -7.80. The quantitative estimate of drug-likeness (QED) is 0.171. The van der Waals surface area contributed by atoms with Crippen LogP contribution in [0.4, 0.5) is 17.1 Å². The SMILES string of the molecule is Cc1cc2c(s1)-c1sc(C)cc1C21c2ccccc2N(c2ccc3c(c2)c2ccccc2n3-c2ccc3sc4ccccc4c3c2)c2cc3c(cc21)-c1ccccc1C3(c1ccccc1)c1ccccc1. The lowest BCUT2D eigenvalue weighted by molar-refractivity contribution is 0.745. The molecule has 16 rings (SSSR count). The summed E-state index contributed by atoms with van der Waals surface area (Å²) >= 11 is 5.78. The molecule has 3 aliphatic rings. The molecule has 5 heterocycles. The summed E-state index contributed by atoms with van der Waals surface area (Å²) in [5, 5.41) is 5.09. The molecule has 9 aromatic carbocycles. The van der Waals surface area contributed by atoms with Gasteiger partial charge in [-0.1, -0.05) is 140 Å². The van der Waals surface area contributed by atoms with Crippen molar-refractivity contribution in [2.75, 3.05) is 4.90 Å². The zero-order valence-corrected chi connectivity index (χ0v) is 41.4. The Bertz CT molecular complexity index is 4310. The highest BCUT2D eigenvalue weighted by Gasteiger charge is 2.55. The number of hydrogen-bond donors (Lipinski definition) is 0. The van der Waals surface area contributed by atoms with Gasteiger partial charge in [0, 0.05) is 61.8 Å². The van der Waals surface area contributed by atoms with E-state index in [2.05, 4.69) is 242 Å². The lowest BCUT2D eigenvalue weighted by Crippen LogP contribution is -2.36. The van der Waals surface area contributed by atoms with Crippen molar-refractivity contribution >= 4 is 93.1 Å². The van der Waals surface area contributed by atoms with E-state index in [1.165, 1.54) is 134 Å². The van der Waals surface area contributed by atoms with Gasteiger partial charge in [-0.2, -0.15) is 0 Å². The molecule has 0 saturated carbocycles. The van der Waals surface area contributed by atoms with Crippen LogP contribution < -0.4 is 4.90 Å². The summed E-state index contributed by atoms with van der Waals surface area (Å²) in [6.45, 7) is 4.58. The van der Waals surface area contributed by atoms with Crippen LogP contribution in [0.2, 0.25) is 0 Å². The van der Waals surface area contributed by atoms with Crippen molar-refractivity contribution in [3.8, 4) is 26.6 Å². The van der Waals surface area contributed by atoms with Gasteiger partial charge in [0.15, 0.2) is 0 Å². The predicted molar refractivity (Wildman–Crippen MR) is 302 cm³/mol. The highest BCUT2D eigenvalue weighted by atomic mass is 32.1. The fourth-order valence-corrected chi connectivity index (χ4v) is 16.8. The normalized spacial score (nSPS) is 14.5. The minimum Gasteiger partial charge on any atom is -0.310 e. The lowest BCUT2D eigenvalue weighted by Gasteiger charge is -2.45. The van der Waals surface area contributed by atoms with Crippen LogP contribution in [0.1, 0.15) is 54.3 Å². The Morgan fingerprint density at radius 2 is 0.930 bits per heavy atom. The topological polar surface area (TPSA) is 8.17 Å². The van der Waals surface area contributed by atoms with Gasteiger partial charge in [-0.05, 0) is 148 Å². The number of rotatable bonds is 4. The number of hydrogen-bond acceptors (Lipinski definition) is 4. The van der Waals surface area contributed by atoms with Crippen LogP contribution in [-0.2, 0) is 10.8 Å². The Balaban J connectivity index is 1.02. The van der Waals surface area contributed by atoms with Crippen molar-refractivity contribution in [2.45, 2.75) is 24.7 Å². The average molecular weight is 959 g/mol. The number of anilines is 3. The summed E-state index contributed by atoms with van der Waals surface area (Å²) in [5.74, 6) is 0. The van der Waals surface area contributed by atoms with Crippen LogP contribution in [0.25, 0.3) is 68.5 Å². The molecule has 13 aromatic rings. The monoisotopic (exact) mass is 958 g/mol. The van der Waals surface area contributed by atoms with Gasteiger partial charge in [-0.25, -0.2) is 0 Å². The number of benzene rings is 9. The minimum atomic E-state index is -0.560. The number of para-hydroxylation sites is 2. The Labute approximate surface area is 423 Å². The number of fused-ring (bicyclic) bond motifs is 18. The maximum Gasteiger partial charge on any atom is 0.0771 e. The predicted octanol–water partition coefficient (Wildman–Crippen LogP) is 18.4. The Morgan fingerprint density at radius 1 is 0.338 bits per heavy atom. The van der Waals surface area contributed by atoms with Crippen LogP contribution in [0.5, 0.6) is 0 Å². The van der Waals surface area contributed by atoms with Crippen molar-refractivity contribution in [1.82, 2.24) is 4.57 Å². The molecule has 2 nitrogen and oxygen atoms in total. The van der Waals surface area contributed by atoms with Gasteiger partial charge in [-0.15, -0.1) is 34.0 Å². The summed E-state index contributed by atoms with van der Waals surface area (Å²) in [6, 6.07) is 83.3. The van der Waals surface area contributed by atoms with Gasteiger partial charge < -0.3 is 9.47 Å². The standard InChI is InChI=1S/C66H42N2S3/c1-39-33-55-63(69-39)64-56(34-40(2)70-64)66(55)52-25-13-15-27-59(52)68(60-38-53-48(37-54(60)66)45-21-9-12-24-51(45)65(53,41-17-5-3-6-18-41)42-19-7-4-8-20-42)43-29-31-58-49(35-43)46-22-10-14-26-57(46)67(58)44-30-32-62-50(36-44)47-23-11-16-28-61(47)71-62/h3-38H,1-2H3. The summed E-state index contributed by atoms with van der Waals surface area (Å²) in [5.41, 5.74) is 19.3. The molecule has 334 valence electrons. The molecular formula is C66H42N2S3. The van der Waals surface area contributed by atoms with Crippen molar-refractivity contribution in [3.05, 3.63) is 273 Å². The molecule has 5 heteroatoms. The third-order valence-electron chi connectivity index (χ3n) is 16.0. The first-order valence-corrected chi connectivity index (χ1v) is 26.9. The van der Waals surface area contributed by atoms with Crippen LogP contribution in [-0.4, -0.2) is 4.57 Å². The second-order valence-corrected chi connectivity index (χ2v) is 23.2. The number of nitrogens with zero attached hydrogens (tertiary/aromatic N) is 2. The first kappa shape index (κ1) is 40.0. The largest absolute Gasteiger partial charge is 0.310 e. The van der Waals surface area contributed by atoms with E-state index in [4.69, 9.17) is 0 Å². The minimum absolute atomic E-state index is 0.526. The van der Waals surface area contributed by atoms with Gasteiger partial charge in [0.2, 0.25) is 0 Å². The van der Waals surface area contributed by atoms with E-state index in [9.17, 15) is 0 Å². The highest BCUT2D eigenvalue weighted by Crippen LogP contribution is 2.68. The van der Waals surface area contributed by atoms with E-state index in [0.29, 0.717) is 0 Å². The molecule has 1 spiro atoms. The average Bonchev–Trinajstić information content (AvgIpc) is 4.27. The Kier molecular flexibility index (Phi) is 8.11. The number of aryl methyl sites for hydroxylation is 2. The summed E-state index contributed by atoms with van der Waals surface area (Å²) in [4.78, 5) is 8.14. The molecule has 4 aromatic heterocycles. The zero-order valence-electron chi connectivity index (χ0n) is 38.9. The molecule has 0 saturated heterocycles. The third kappa shape index (κ3) is 5.10. The van der Waals surface area contributed by atoms with E-state index >= 15 is 0 Å². The van der Waals surface area contributed by atoms with Crippen molar-refractivity contribution in [1.29, 1.82) is 0 Å². The van der Waals surface area contributed by atoms with E-state index in [1.807, 2.05) is 34.0 Å². The molecule has 0 bridgehead atoms. The Morgan fingerprint density at radius 3 is 1.69 bits per heavy atom. The smallest absolute Gasteiger partial charge is 0.0771 e. The molecule has 0 radical (unpaired) electrons. The molecule has 0 amide bonds. The molecule has 0 atom stereocenters. The molecular weight excluding hydrogens is 917 g/mol. The molecule has 1 aliphatic heterocycles. The fourth-order valence-electron chi connectivity index (χ4n) is 13.4. The van der Waals surface area contributed by atoms with Crippen LogP contribution in [0, 0.1) is 13.8 Å². The second kappa shape index (κ2) is 14.4. The van der Waals surface area contributed by atoms with Gasteiger partial charge >= 0.3 is 0 Å².